The number of nitrogens with zero attached hydrogens (tertiary/aromatic N) is 3. The first-order valence-electron chi connectivity index (χ1n) is 12.7. The summed E-state index contributed by atoms with van der Waals surface area (Å²) in [6.07, 6.45) is 0. The number of aryl methyl sites for hydroxylation is 1. The van der Waals surface area contributed by atoms with Crippen LogP contribution in [0.5, 0.6) is 11.5 Å². The Hall–Kier alpha value is -3.63. The molecule has 0 radical (unpaired) electrons. The van der Waals surface area contributed by atoms with E-state index in [2.05, 4.69) is 10.2 Å². The van der Waals surface area contributed by atoms with Crippen LogP contribution in [-0.2, 0) is 10.0 Å². The maximum Gasteiger partial charge on any atom is 0.259 e. The van der Waals surface area contributed by atoms with Gasteiger partial charge in [-0.2, -0.15) is 4.31 Å². The van der Waals surface area contributed by atoms with Gasteiger partial charge < -0.3 is 19.9 Å². The molecule has 0 aromatic heterocycles. The predicted octanol–water partition coefficient (Wildman–Crippen LogP) is 4.85. The fraction of sp³-hybridized carbons (Fsp3) is 0.321. The van der Waals surface area contributed by atoms with Crippen LogP contribution in [0.3, 0.4) is 0 Å². The summed E-state index contributed by atoms with van der Waals surface area (Å²) in [4.78, 5) is 17.5. The molecular formula is C28H31FN4O4S. The number of anilines is 3. The van der Waals surface area contributed by atoms with Gasteiger partial charge in [0.2, 0.25) is 10.0 Å². The average Bonchev–Trinajstić information content (AvgIpc) is 3.04. The van der Waals surface area contributed by atoms with E-state index in [-0.39, 0.29) is 16.3 Å². The topological polar surface area (TPSA) is 82.2 Å². The highest BCUT2D eigenvalue weighted by molar-refractivity contribution is 7.89. The Morgan fingerprint density at radius 2 is 1.58 bits per heavy atom. The van der Waals surface area contributed by atoms with Crippen molar-refractivity contribution in [2.75, 3.05) is 54.4 Å². The Morgan fingerprint density at radius 3 is 2.24 bits per heavy atom. The van der Waals surface area contributed by atoms with E-state index in [0.717, 1.165) is 11.3 Å². The minimum atomic E-state index is -3.89. The Kier molecular flexibility index (Phi) is 7.02. The van der Waals surface area contributed by atoms with Crippen molar-refractivity contribution >= 4 is 33.0 Å². The second kappa shape index (κ2) is 10.3. The molecule has 0 unspecified atom stereocenters. The van der Waals surface area contributed by atoms with E-state index in [4.69, 9.17) is 4.74 Å². The Balaban J connectivity index is 1.56. The normalized spacial score (nSPS) is 15.4. The molecule has 1 saturated heterocycles. The first-order valence-corrected chi connectivity index (χ1v) is 14.2. The number of piperazine rings is 1. The third-order valence-corrected chi connectivity index (χ3v) is 9.12. The van der Waals surface area contributed by atoms with Gasteiger partial charge in [0.15, 0.2) is 5.75 Å². The highest BCUT2D eigenvalue weighted by Crippen LogP contribution is 2.41. The number of fused-ring (bicyclic) bond motifs is 2. The summed E-state index contributed by atoms with van der Waals surface area (Å²) in [6, 6.07) is 15.0. The van der Waals surface area contributed by atoms with Crippen molar-refractivity contribution in [3.8, 4) is 11.5 Å². The molecule has 2 aliphatic rings. The molecule has 3 aromatic rings. The highest BCUT2D eigenvalue weighted by atomic mass is 32.2. The van der Waals surface area contributed by atoms with E-state index in [0.29, 0.717) is 62.1 Å². The van der Waals surface area contributed by atoms with Gasteiger partial charge in [0.1, 0.15) is 16.5 Å². The summed E-state index contributed by atoms with van der Waals surface area (Å²) in [7, 11) is -3.89. The molecule has 200 valence electrons. The molecule has 38 heavy (non-hydrogen) atoms. The van der Waals surface area contributed by atoms with E-state index >= 15 is 0 Å². The fourth-order valence-electron chi connectivity index (χ4n) is 4.96. The number of amides is 1. The zero-order chi connectivity index (χ0) is 27.0. The van der Waals surface area contributed by atoms with Gasteiger partial charge in [-0.3, -0.25) is 4.79 Å². The van der Waals surface area contributed by atoms with Crippen LogP contribution >= 0.6 is 0 Å². The number of ether oxygens (including phenoxy) is 1. The molecule has 0 saturated carbocycles. The molecule has 1 amide bonds. The average molecular weight is 539 g/mol. The fourth-order valence-corrected chi connectivity index (χ4v) is 6.64. The number of halogens is 1. The van der Waals surface area contributed by atoms with Gasteiger partial charge in [-0.1, -0.05) is 19.9 Å². The second-order valence-corrected chi connectivity index (χ2v) is 11.3. The van der Waals surface area contributed by atoms with Crippen molar-refractivity contribution in [3.63, 3.8) is 0 Å². The molecule has 5 rings (SSSR count). The lowest BCUT2D eigenvalue weighted by Gasteiger charge is -2.38. The third kappa shape index (κ3) is 4.81. The molecule has 0 atom stereocenters. The maximum atomic E-state index is 13.8. The Morgan fingerprint density at radius 1 is 0.921 bits per heavy atom. The van der Waals surface area contributed by atoms with Crippen molar-refractivity contribution in [2.45, 2.75) is 25.7 Å². The lowest BCUT2D eigenvalue weighted by Crippen LogP contribution is -2.47. The lowest BCUT2D eigenvalue weighted by atomic mass is 10.1. The number of carbonyl (C=O) groups excluding carboxylic acids is 1. The molecule has 8 nitrogen and oxygen atoms in total. The van der Waals surface area contributed by atoms with Crippen LogP contribution < -0.4 is 19.9 Å². The van der Waals surface area contributed by atoms with Crippen molar-refractivity contribution < 1.29 is 22.3 Å². The van der Waals surface area contributed by atoms with E-state index in [1.165, 1.54) is 22.5 Å². The van der Waals surface area contributed by atoms with Gasteiger partial charge in [0, 0.05) is 51.0 Å². The number of sulfonamides is 1. The molecule has 0 spiro atoms. The van der Waals surface area contributed by atoms with Crippen molar-refractivity contribution in [1.29, 1.82) is 0 Å². The minimum absolute atomic E-state index is 0.0797. The molecule has 1 N–H and O–H groups in total. The molecular weight excluding hydrogens is 507 g/mol. The number of hydrogen-bond donors (Lipinski definition) is 1. The summed E-state index contributed by atoms with van der Waals surface area (Å²) < 4.78 is 48.6. The predicted molar refractivity (Wildman–Crippen MR) is 147 cm³/mol. The van der Waals surface area contributed by atoms with E-state index in [1.807, 2.05) is 24.0 Å². The highest BCUT2D eigenvalue weighted by Gasteiger charge is 2.33. The molecule has 2 aliphatic heterocycles. The van der Waals surface area contributed by atoms with Crippen molar-refractivity contribution in [1.82, 2.24) is 4.31 Å². The summed E-state index contributed by atoms with van der Waals surface area (Å²) in [6.45, 7) is 8.44. The number of rotatable bonds is 6. The molecule has 10 heteroatoms. The number of nitrogens with one attached hydrogen (secondary N) is 1. The van der Waals surface area contributed by atoms with Gasteiger partial charge in [-0.15, -0.1) is 0 Å². The van der Waals surface area contributed by atoms with Gasteiger partial charge >= 0.3 is 0 Å². The molecule has 2 heterocycles. The third-order valence-electron chi connectivity index (χ3n) is 7.04. The van der Waals surface area contributed by atoms with E-state index in [1.54, 1.807) is 38.1 Å². The number of benzene rings is 3. The van der Waals surface area contributed by atoms with Gasteiger partial charge in [0.25, 0.3) is 5.91 Å². The first kappa shape index (κ1) is 26.0. The molecule has 0 aliphatic carbocycles. The van der Waals surface area contributed by atoms with Crippen LogP contribution in [0, 0.1) is 12.7 Å². The van der Waals surface area contributed by atoms with E-state index in [9.17, 15) is 17.6 Å². The summed E-state index contributed by atoms with van der Waals surface area (Å²) in [5.74, 6) is 0.0890. The van der Waals surface area contributed by atoms with Crippen LogP contribution in [0.2, 0.25) is 0 Å². The number of hydrogen-bond acceptors (Lipinski definition) is 6. The Labute approximate surface area is 222 Å². The quantitative estimate of drug-likeness (QED) is 0.483. The second-order valence-electron chi connectivity index (χ2n) is 9.41. The van der Waals surface area contributed by atoms with Crippen LogP contribution in [0.1, 0.15) is 29.8 Å². The summed E-state index contributed by atoms with van der Waals surface area (Å²) in [5.41, 5.74) is 3.07. The largest absolute Gasteiger partial charge is 0.454 e. The van der Waals surface area contributed by atoms with Crippen LogP contribution in [-0.4, -0.2) is 57.9 Å². The van der Waals surface area contributed by atoms with Crippen LogP contribution in [0.15, 0.2) is 59.5 Å². The zero-order valence-corrected chi connectivity index (χ0v) is 22.5. The monoisotopic (exact) mass is 538 g/mol. The lowest BCUT2D eigenvalue weighted by molar-refractivity contribution is 0.102. The maximum absolute atomic E-state index is 13.8. The van der Waals surface area contributed by atoms with Crippen molar-refractivity contribution in [2.24, 2.45) is 0 Å². The molecule has 1 fully saturated rings. The van der Waals surface area contributed by atoms with E-state index < -0.39 is 15.9 Å². The SMILES string of the molecule is CCN(CC)S(=O)(=O)c1cc2c(cc1N1CCN(c3ccc(F)cc3)CC1)Oc1ccc(C)cc1NC2=O. The Bertz CT molecular complexity index is 1460. The summed E-state index contributed by atoms with van der Waals surface area (Å²) >= 11 is 0. The van der Waals surface area contributed by atoms with Gasteiger partial charge in [-0.05, 0) is 55.0 Å². The summed E-state index contributed by atoms with van der Waals surface area (Å²) in [5, 5.41) is 2.86. The standard InChI is InChI=1S/C28H31FN4O4S/c1-4-33(5-2)38(35,36)27-17-22-26(37-25-11-6-19(3)16-23(25)30-28(22)34)18-24(27)32-14-12-31(13-15-32)21-9-7-20(29)8-10-21/h6-11,16-18H,4-5,12-15H2,1-3H3,(H,30,34). The van der Waals surface area contributed by atoms with Crippen LogP contribution in [0.25, 0.3) is 0 Å². The zero-order valence-electron chi connectivity index (χ0n) is 21.7. The van der Waals surface area contributed by atoms with Gasteiger partial charge in [-0.25, -0.2) is 12.8 Å². The molecule has 0 bridgehead atoms. The first-order chi connectivity index (χ1) is 18.2. The van der Waals surface area contributed by atoms with Crippen LogP contribution in [0.4, 0.5) is 21.5 Å². The van der Waals surface area contributed by atoms with Gasteiger partial charge in [0.05, 0.1) is 16.9 Å². The van der Waals surface area contributed by atoms with Crippen molar-refractivity contribution in [3.05, 3.63) is 71.5 Å². The minimum Gasteiger partial charge on any atom is -0.454 e. The molecule has 3 aromatic carbocycles. The number of carbonyl (C=O) groups is 1. The smallest absolute Gasteiger partial charge is 0.259 e.